The number of rotatable bonds is 3. The van der Waals surface area contributed by atoms with Crippen LogP contribution in [0.25, 0.3) is 0 Å². The van der Waals surface area contributed by atoms with Gasteiger partial charge in [0.2, 0.25) is 0 Å². The summed E-state index contributed by atoms with van der Waals surface area (Å²) in [6, 6.07) is 6.02. The molecule has 2 atom stereocenters. The standard InChI is InChI=1S/C14H21NO2/c1-4-15(5-2)12-9-17-14-10(3)7-6-8-11(14)13(12)16/h6-8,12-13,16H,4-5,9H2,1-3H3. The normalized spacial score (nSPS) is 23.4. The van der Waals surface area contributed by atoms with E-state index in [2.05, 4.69) is 18.7 Å². The summed E-state index contributed by atoms with van der Waals surface area (Å²) in [7, 11) is 0. The van der Waals surface area contributed by atoms with E-state index in [0.29, 0.717) is 6.61 Å². The molecule has 0 aromatic heterocycles. The molecule has 0 amide bonds. The summed E-state index contributed by atoms with van der Waals surface area (Å²) in [6.45, 7) is 8.68. The van der Waals surface area contributed by atoms with Crippen molar-refractivity contribution in [2.75, 3.05) is 19.7 Å². The maximum Gasteiger partial charge on any atom is 0.128 e. The average Bonchev–Trinajstić information content (AvgIpc) is 2.34. The fourth-order valence-corrected chi connectivity index (χ4v) is 2.57. The van der Waals surface area contributed by atoms with Crippen LogP contribution in [0.4, 0.5) is 0 Å². The zero-order chi connectivity index (χ0) is 12.4. The van der Waals surface area contributed by atoms with Crippen LogP contribution < -0.4 is 4.74 Å². The fraction of sp³-hybridized carbons (Fsp3) is 0.571. The Morgan fingerprint density at radius 1 is 1.35 bits per heavy atom. The minimum Gasteiger partial charge on any atom is -0.491 e. The molecule has 0 bridgehead atoms. The molecule has 0 aliphatic carbocycles. The van der Waals surface area contributed by atoms with E-state index < -0.39 is 6.10 Å². The molecule has 94 valence electrons. The Kier molecular flexibility index (Phi) is 3.69. The van der Waals surface area contributed by atoms with Crippen LogP contribution in [0.15, 0.2) is 18.2 Å². The first-order valence-electron chi connectivity index (χ1n) is 6.33. The Hall–Kier alpha value is -1.06. The van der Waals surface area contributed by atoms with Gasteiger partial charge in [0.05, 0.1) is 6.04 Å². The Balaban J connectivity index is 2.30. The highest BCUT2D eigenvalue weighted by Gasteiger charge is 2.32. The van der Waals surface area contributed by atoms with Gasteiger partial charge in [-0.2, -0.15) is 0 Å². The van der Waals surface area contributed by atoms with Gasteiger partial charge in [-0.3, -0.25) is 4.90 Å². The van der Waals surface area contributed by atoms with Crippen LogP contribution in [-0.4, -0.2) is 35.7 Å². The number of likely N-dealkylation sites (N-methyl/N-ethyl adjacent to an activating group) is 1. The number of aryl methyl sites for hydroxylation is 1. The average molecular weight is 235 g/mol. The number of nitrogens with zero attached hydrogens (tertiary/aromatic N) is 1. The van der Waals surface area contributed by atoms with Crippen molar-refractivity contribution < 1.29 is 9.84 Å². The molecular weight excluding hydrogens is 214 g/mol. The lowest BCUT2D eigenvalue weighted by atomic mass is 9.96. The molecule has 1 aliphatic rings. The van der Waals surface area contributed by atoms with Crippen molar-refractivity contribution in [2.45, 2.75) is 32.9 Å². The summed E-state index contributed by atoms with van der Waals surface area (Å²) >= 11 is 0. The number of para-hydroxylation sites is 1. The second-order valence-electron chi connectivity index (χ2n) is 4.54. The van der Waals surface area contributed by atoms with Crippen LogP contribution in [0, 0.1) is 6.92 Å². The summed E-state index contributed by atoms with van der Waals surface area (Å²) < 4.78 is 5.82. The third-order valence-corrected chi connectivity index (χ3v) is 3.61. The van der Waals surface area contributed by atoms with Gasteiger partial charge in [0.15, 0.2) is 0 Å². The van der Waals surface area contributed by atoms with E-state index >= 15 is 0 Å². The molecule has 2 rings (SSSR count). The predicted molar refractivity (Wildman–Crippen MR) is 68.3 cm³/mol. The second-order valence-corrected chi connectivity index (χ2v) is 4.54. The van der Waals surface area contributed by atoms with Crippen molar-refractivity contribution in [1.82, 2.24) is 4.90 Å². The first kappa shape index (κ1) is 12.4. The molecule has 0 radical (unpaired) electrons. The lowest BCUT2D eigenvalue weighted by Crippen LogP contribution is -2.45. The summed E-state index contributed by atoms with van der Waals surface area (Å²) in [5, 5.41) is 10.5. The Bertz CT molecular complexity index is 388. The molecule has 1 heterocycles. The van der Waals surface area contributed by atoms with E-state index in [-0.39, 0.29) is 6.04 Å². The molecule has 17 heavy (non-hydrogen) atoms. The van der Waals surface area contributed by atoms with Gasteiger partial charge in [0.25, 0.3) is 0 Å². The summed E-state index contributed by atoms with van der Waals surface area (Å²) in [5.74, 6) is 0.864. The lowest BCUT2D eigenvalue weighted by molar-refractivity contribution is 0.00758. The van der Waals surface area contributed by atoms with Gasteiger partial charge in [-0.15, -0.1) is 0 Å². The summed E-state index contributed by atoms with van der Waals surface area (Å²) in [5.41, 5.74) is 2.02. The van der Waals surface area contributed by atoms with Crippen LogP contribution in [0.2, 0.25) is 0 Å². The van der Waals surface area contributed by atoms with Crippen LogP contribution in [0.5, 0.6) is 5.75 Å². The van der Waals surface area contributed by atoms with Crippen LogP contribution >= 0.6 is 0 Å². The van der Waals surface area contributed by atoms with Gasteiger partial charge >= 0.3 is 0 Å². The Labute approximate surface area is 103 Å². The van der Waals surface area contributed by atoms with Gasteiger partial charge < -0.3 is 9.84 Å². The molecule has 0 spiro atoms. The number of aliphatic hydroxyl groups excluding tert-OH is 1. The highest BCUT2D eigenvalue weighted by atomic mass is 16.5. The van der Waals surface area contributed by atoms with Crippen molar-refractivity contribution in [1.29, 1.82) is 0 Å². The van der Waals surface area contributed by atoms with Crippen LogP contribution in [-0.2, 0) is 0 Å². The van der Waals surface area contributed by atoms with E-state index in [9.17, 15) is 5.11 Å². The maximum atomic E-state index is 10.5. The molecular formula is C14H21NO2. The maximum absolute atomic E-state index is 10.5. The molecule has 0 saturated heterocycles. The number of aliphatic hydroxyl groups is 1. The number of hydrogen-bond donors (Lipinski definition) is 1. The summed E-state index contributed by atoms with van der Waals surface area (Å²) in [6.07, 6.45) is -0.446. The molecule has 3 heteroatoms. The largest absolute Gasteiger partial charge is 0.491 e. The van der Waals surface area contributed by atoms with Crippen molar-refractivity contribution in [3.63, 3.8) is 0 Å². The second kappa shape index (κ2) is 5.07. The molecule has 1 aromatic carbocycles. The van der Waals surface area contributed by atoms with E-state index in [1.165, 1.54) is 0 Å². The highest BCUT2D eigenvalue weighted by molar-refractivity contribution is 5.44. The molecule has 0 fully saturated rings. The van der Waals surface area contributed by atoms with Crippen molar-refractivity contribution in [3.05, 3.63) is 29.3 Å². The third-order valence-electron chi connectivity index (χ3n) is 3.61. The smallest absolute Gasteiger partial charge is 0.128 e. The van der Waals surface area contributed by atoms with Crippen LogP contribution in [0.1, 0.15) is 31.1 Å². The fourth-order valence-electron chi connectivity index (χ4n) is 2.57. The van der Waals surface area contributed by atoms with E-state index in [1.54, 1.807) is 0 Å². The summed E-state index contributed by atoms with van der Waals surface area (Å²) in [4.78, 5) is 2.25. The molecule has 2 unspecified atom stereocenters. The molecule has 1 aliphatic heterocycles. The van der Waals surface area contributed by atoms with E-state index in [0.717, 1.165) is 30.0 Å². The highest BCUT2D eigenvalue weighted by Crippen LogP contribution is 2.36. The van der Waals surface area contributed by atoms with Gasteiger partial charge in [0, 0.05) is 5.56 Å². The topological polar surface area (TPSA) is 32.7 Å². The van der Waals surface area contributed by atoms with Gasteiger partial charge in [-0.1, -0.05) is 32.0 Å². The first-order valence-corrected chi connectivity index (χ1v) is 6.33. The molecule has 1 aromatic rings. The minimum absolute atomic E-state index is 0.0688. The number of ether oxygens (including phenoxy) is 1. The molecule has 0 saturated carbocycles. The van der Waals surface area contributed by atoms with Crippen molar-refractivity contribution in [2.24, 2.45) is 0 Å². The zero-order valence-corrected chi connectivity index (χ0v) is 10.8. The van der Waals surface area contributed by atoms with Crippen molar-refractivity contribution in [3.8, 4) is 5.75 Å². The molecule has 1 N–H and O–H groups in total. The predicted octanol–water partition coefficient (Wildman–Crippen LogP) is 2.13. The lowest BCUT2D eigenvalue weighted by Gasteiger charge is -2.37. The first-order chi connectivity index (χ1) is 8.19. The SMILES string of the molecule is CCN(CC)C1COc2c(C)cccc2C1O. The monoisotopic (exact) mass is 235 g/mol. The third kappa shape index (κ3) is 2.17. The van der Waals surface area contributed by atoms with Gasteiger partial charge in [0.1, 0.15) is 18.5 Å². The van der Waals surface area contributed by atoms with E-state index in [1.807, 2.05) is 25.1 Å². The number of fused-ring (bicyclic) bond motifs is 1. The van der Waals surface area contributed by atoms with Crippen LogP contribution in [0.3, 0.4) is 0 Å². The number of benzene rings is 1. The van der Waals surface area contributed by atoms with E-state index in [4.69, 9.17) is 4.74 Å². The number of hydrogen-bond acceptors (Lipinski definition) is 3. The Morgan fingerprint density at radius 3 is 2.71 bits per heavy atom. The van der Waals surface area contributed by atoms with Crippen molar-refractivity contribution >= 4 is 0 Å². The quantitative estimate of drug-likeness (QED) is 0.871. The van der Waals surface area contributed by atoms with Gasteiger partial charge in [-0.25, -0.2) is 0 Å². The Morgan fingerprint density at radius 2 is 2.06 bits per heavy atom. The molecule has 3 nitrogen and oxygen atoms in total. The zero-order valence-electron chi connectivity index (χ0n) is 10.8. The minimum atomic E-state index is -0.446. The van der Waals surface area contributed by atoms with Gasteiger partial charge in [-0.05, 0) is 25.6 Å².